The summed E-state index contributed by atoms with van der Waals surface area (Å²) >= 11 is 1.64. The van der Waals surface area contributed by atoms with Crippen molar-refractivity contribution in [3.05, 3.63) is 53.3 Å². The van der Waals surface area contributed by atoms with Gasteiger partial charge in [-0.15, -0.1) is 11.3 Å². The zero-order valence-electron chi connectivity index (χ0n) is 11.7. The first kappa shape index (κ1) is 13.1. The van der Waals surface area contributed by atoms with Crippen molar-refractivity contribution in [3.8, 4) is 21.8 Å². The van der Waals surface area contributed by atoms with Gasteiger partial charge in [-0.05, 0) is 48.2 Å². The fraction of sp³-hybridized carbons (Fsp3) is 0.0625. The van der Waals surface area contributed by atoms with Gasteiger partial charge in [0.25, 0.3) is 0 Å². The minimum Gasteiger partial charge on any atom is -0.273 e. The van der Waals surface area contributed by atoms with Crippen molar-refractivity contribution in [2.24, 2.45) is 0 Å². The van der Waals surface area contributed by atoms with E-state index in [9.17, 15) is 4.39 Å². The van der Waals surface area contributed by atoms with Gasteiger partial charge in [0, 0.05) is 5.56 Å². The Morgan fingerprint density at radius 1 is 1.14 bits per heavy atom. The lowest BCUT2D eigenvalue weighted by atomic mass is 10.1. The molecule has 1 N–H and O–H groups in total. The highest BCUT2D eigenvalue weighted by atomic mass is 32.1. The molecule has 4 nitrogen and oxygen atoms in total. The van der Waals surface area contributed by atoms with Crippen LogP contribution in [-0.4, -0.2) is 20.2 Å². The second-order valence-corrected chi connectivity index (χ2v) is 5.88. The maximum atomic E-state index is 13.1. The number of hydrogen-bond acceptors (Lipinski definition) is 4. The van der Waals surface area contributed by atoms with Crippen LogP contribution in [0.3, 0.4) is 0 Å². The third-order valence-corrected chi connectivity index (χ3v) is 4.53. The van der Waals surface area contributed by atoms with Crippen LogP contribution in [0.1, 0.15) is 5.56 Å². The number of nitrogens with one attached hydrogen (secondary N) is 1. The van der Waals surface area contributed by atoms with Gasteiger partial charge in [0.15, 0.2) is 5.65 Å². The Kier molecular flexibility index (Phi) is 2.97. The van der Waals surface area contributed by atoms with E-state index in [1.165, 1.54) is 17.7 Å². The molecule has 22 heavy (non-hydrogen) atoms. The summed E-state index contributed by atoms with van der Waals surface area (Å²) in [5.74, 6) is -0.268. The molecule has 0 aliphatic heterocycles. The van der Waals surface area contributed by atoms with Gasteiger partial charge in [-0.1, -0.05) is 0 Å². The molecule has 0 spiro atoms. The highest BCUT2D eigenvalue weighted by molar-refractivity contribution is 7.13. The monoisotopic (exact) mass is 310 g/mol. The average Bonchev–Trinajstić information content (AvgIpc) is 3.13. The van der Waals surface area contributed by atoms with Crippen LogP contribution in [0.4, 0.5) is 4.39 Å². The molecule has 0 bridgehead atoms. The number of nitrogens with zero attached hydrogens (tertiary/aromatic N) is 3. The van der Waals surface area contributed by atoms with Gasteiger partial charge >= 0.3 is 0 Å². The Morgan fingerprint density at radius 2 is 1.95 bits per heavy atom. The van der Waals surface area contributed by atoms with Gasteiger partial charge in [0.2, 0.25) is 0 Å². The zero-order chi connectivity index (χ0) is 15.1. The molecule has 0 unspecified atom stereocenters. The highest BCUT2D eigenvalue weighted by Gasteiger charge is 2.14. The Balaban J connectivity index is 1.90. The second-order valence-electron chi connectivity index (χ2n) is 4.97. The summed E-state index contributed by atoms with van der Waals surface area (Å²) in [4.78, 5) is 10.1. The number of benzene rings is 1. The normalized spacial score (nSPS) is 11.2. The minimum absolute atomic E-state index is 0.268. The van der Waals surface area contributed by atoms with Crippen molar-refractivity contribution in [2.45, 2.75) is 6.92 Å². The molecule has 0 aliphatic rings. The van der Waals surface area contributed by atoms with Gasteiger partial charge in [-0.25, -0.2) is 14.4 Å². The van der Waals surface area contributed by atoms with E-state index < -0.39 is 0 Å². The first-order valence-electron chi connectivity index (χ1n) is 6.74. The van der Waals surface area contributed by atoms with E-state index >= 15 is 0 Å². The fourth-order valence-electron chi connectivity index (χ4n) is 2.34. The summed E-state index contributed by atoms with van der Waals surface area (Å²) < 4.78 is 13.1. The third-order valence-electron chi connectivity index (χ3n) is 3.49. The van der Waals surface area contributed by atoms with Crippen LogP contribution in [0, 0.1) is 12.7 Å². The summed E-state index contributed by atoms with van der Waals surface area (Å²) in [7, 11) is 0. The summed E-state index contributed by atoms with van der Waals surface area (Å²) in [6.45, 7) is 2.05. The predicted octanol–water partition coefficient (Wildman–Crippen LogP) is 4.20. The Labute approximate surface area is 129 Å². The van der Waals surface area contributed by atoms with Gasteiger partial charge in [-0.2, -0.15) is 5.10 Å². The van der Waals surface area contributed by atoms with Crippen LogP contribution >= 0.6 is 11.3 Å². The Bertz CT molecular complexity index is 956. The molecule has 4 aromatic rings. The summed E-state index contributed by atoms with van der Waals surface area (Å²) in [5.41, 5.74) is 4.87. The minimum atomic E-state index is -0.268. The SMILES string of the molecule is Cc1ccsc1-c1[nH]nc2ncc(-c3ccc(F)cc3)nc12. The maximum absolute atomic E-state index is 13.1. The quantitative estimate of drug-likeness (QED) is 0.604. The number of thiophene rings is 1. The highest BCUT2D eigenvalue weighted by Crippen LogP contribution is 2.32. The third kappa shape index (κ3) is 2.08. The Morgan fingerprint density at radius 3 is 2.68 bits per heavy atom. The number of rotatable bonds is 2. The molecule has 4 rings (SSSR count). The van der Waals surface area contributed by atoms with Gasteiger partial charge in [0.1, 0.15) is 17.0 Å². The zero-order valence-corrected chi connectivity index (χ0v) is 12.5. The van der Waals surface area contributed by atoms with E-state index in [1.807, 2.05) is 5.38 Å². The fourth-order valence-corrected chi connectivity index (χ4v) is 3.26. The number of H-pyrrole nitrogens is 1. The van der Waals surface area contributed by atoms with Crippen molar-refractivity contribution in [3.63, 3.8) is 0 Å². The standard InChI is InChI=1S/C16H11FN4S/c1-9-6-7-22-15(9)13-14-16(21-20-13)18-8-12(19-14)10-2-4-11(17)5-3-10/h2-8H,1H3,(H,18,20,21). The Hall–Kier alpha value is -2.60. The number of fused-ring (bicyclic) bond motifs is 1. The molecule has 0 saturated heterocycles. The predicted molar refractivity (Wildman–Crippen MR) is 85.1 cm³/mol. The van der Waals surface area contributed by atoms with E-state index in [1.54, 1.807) is 29.7 Å². The first-order chi connectivity index (χ1) is 10.7. The van der Waals surface area contributed by atoms with Crippen molar-refractivity contribution < 1.29 is 4.39 Å². The van der Waals surface area contributed by atoms with Crippen molar-refractivity contribution >= 4 is 22.5 Å². The van der Waals surface area contributed by atoms with Gasteiger partial charge < -0.3 is 0 Å². The molecular formula is C16H11FN4S. The molecule has 6 heteroatoms. The molecular weight excluding hydrogens is 299 g/mol. The molecule has 0 saturated carbocycles. The number of aryl methyl sites for hydroxylation is 1. The van der Waals surface area contributed by atoms with E-state index in [2.05, 4.69) is 33.2 Å². The van der Waals surface area contributed by atoms with Crippen molar-refractivity contribution in [1.29, 1.82) is 0 Å². The van der Waals surface area contributed by atoms with Crippen molar-refractivity contribution in [2.75, 3.05) is 0 Å². The van der Waals surface area contributed by atoms with Crippen LogP contribution in [0.15, 0.2) is 41.9 Å². The van der Waals surface area contributed by atoms with E-state index in [4.69, 9.17) is 0 Å². The maximum Gasteiger partial charge on any atom is 0.200 e. The largest absolute Gasteiger partial charge is 0.273 e. The molecule has 0 radical (unpaired) electrons. The lowest BCUT2D eigenvalue weighted by molar-refractivity contribution is 0.628. The summed E-state index contributed by atoms with van der Waals surface area (Å²) in [6.07, 6.45) is 1.65. The molecule has 0 aliphatic carbocycles. The molecule has 3 aromatic heterocycles. The second kappa shape index (κ2) is 4.99. The molecule has 0 amide bonds. The lowest BCUT2D eigenvalue weighted by Crippen LogP contribution is -1.88. The van der Waals surface area contributed by atoms with Crippen LogP contribution < -0.4 is 0 Å². The van der Waals surface area contributed by atoms with Crippen molar-refractivity contribution in [1.82, 2.24) is 20.2 Å². The van der Waals surface area contributed by atoms with E-state index in [0.29, 0.717) is 11.3 Å². The number of halogens is 1. The molecule has 0 atom stereocenters. The molecule has 108 valence electrons. The van der Waals surface area contributed by atoms with E-state index in [0.717, 1.165) is 21.7 Å². The lowest BCUT2D eigenvalue weighted by Gasteiger charge is -2.01. The van der Waals surface area contributed by atoms with Crippen LogP contribution in [0.25, 0.3) is 33.0 Å². The summed E-state index contributed by atoms with van der Waals surface area (Å²) in [6, 6.07) is 8.29. The number of aromatic amines is 1. The smallest absolute Gasteiger partial charge is 0.200 e. The molecule has 1 aromatic carbocycles. The van der Waals surface area contributed by atoms with Gasteiger partial charge in [-0.3, -0.25) is 5.10 Å². The number of aromatic nitrogens is 4. The van der Waals surface area contributed by atoms with Crippen LogP contribution in [0.5, 0.6) is 0 Å². The molecule has 0 fully saturated rings. The summed E-state index contributed by atoms with van der Waals surface area (Å²) in [5, 5.41) is 9.27. The first-order valence-corrected chi connectivity index (χ1v) is 7.62. The topological polar surface area (TPSA) is 54.5 Å². The average molecular weight is 310 g/mol. The van der Waals surface area contributed by atoms with E-state index in [-0.39, 0.29) is 5.82 Å². The van der Waals surface area contributed by atoms with Crippen LogP contribution in [-0.2, 0) is 0 Å². The number of hydrogen-bond donors (Lipinski definition) is 1. The van der Waals surface area contributed by atoms with Gasteiger partial charge in [0.05, 0.1) is 16.8 Å². The molecule has 3 heterocycles. The van der Waals surface area contributed by atoms with Crippen LogP contribution in [0.2, 0.25) is 0 Å².